The first kappa shape index (κ1) is 20.3. The predicted molar refractivity (Wildman–Crippen MR) is 124 cm³/mol. The third kappa shape index (κ3) is 4.29. The monoisotopic (exact) mass is 409 g/mol. The highest BCUT2D eigenvalue weighted by Gasteiger charge is 2.33. The topological polar surface area (TPSA) is 46.7 Å². The van der Waals surface area contributed by atoms with E-state index in [9.17, 15) is 0 Å². The number of likely N-dealkylation sites (tertiary alicyclic amines) is 1. The summed E-state index contributed by atoms with van der Waals surface area (Å²) in [5.41, 5.74) is 4.90. The van der Waals surface area contributed by atoms with Crippen LogP contribution in [-0.4, -0.2) is 60.3 Å². The number of benzene rings is 1. The van der Waals surface area contributed by atoms with E-state index in [4.69, 9.17) is 0 Å². The molecular weight excluding hydrogens is 378 g/mol. The maximum atomic E-state index is 4.68. The number of nitrogens with zero attached hydrogens (tertiary/aromatic N) is 3. The molecule has 0 spiro atoms. The molecule has 1 fully saturated rings. The van der Waals surface area contributed by atoms with Crippen molar-refractivity contribution in [3.63, 3.8) is 0 Å². The minimum Gasteiger partial charge on any atom is -0.361 e. The molecule has 0 bridgehead atoms. The van der Waals surface area contributed by atoms with Crippen molar-refractivity contribution in [1.82, 2.24) is 19.5 Å². The number of rotatable bonds is 7. The lowest BCUT2D eigenvalue weighted by molar-refractivity contribution is 0.279. The van der Waals surface area contributed by atoms with E-state index in [1.54, 1.807) is 11.9 Å². The zero-order chi connectivity index (χ0) is 20.2. The number of allylic oxidation sites excluding steroid dienone is 2. The molecule has 1 aromatic carbocycles. The van der Waals surface area contributed by atoms with Gasteiger partial charge in [0.25, 0.3) is 0 Å². The van der Waals surface area contributed by atoms with Crippen LogP contribution in [0.2, 0.25) is 0 Å². The Hall–Kier alpha value is -2.02. The van der Waals surface area contributed by atoms with Gasteiger partial charge >= 0.3 is 0 Å². The van der Waals surface area contributed by atoms with Crippen molar-refractivity contribution in [3.8, 4) is 0 Å². The fraction of sp³-hybridized carbons (Fsp3) is 0.435. The maximum Gasteiger partial charge on any atom is 0.0867 e. The summed E-state index contributed by atoms with van der Waals surface area (Å²) in [5.74, 6) is 0. The van der Waals surface area contributed by atoms with Gasteiger partial charge in [-0.25, -0.2) is 0 Å². The van der Waals surface area contributed by atoms with Crippen LogP contribution in [0.4, 0.5) is 0 Å². The molecule has 6 heteroatoms. The van der Waals surface area contributed by atoms with Gasteiger partial charge in [0.1, 0.15) is 0 Å². The number of aliphatic imine (C=N–C) groups is 1. The molecule has 29 heavy (non-hydrogen) atoms. The molecule has 4 rings (SSSR count). The molecular formula is C23H31N5S. The van der Waals surface area contributed by atoms with Crippen LogP contribution < -0.4 is 4.72 Å². The molecule has 1 saturated heterocycles. The van der Waals surface area contributed by atoms with E-state index < -0.39 is 0 Å². The average Bonchev–Trinajstić information content (AvgIpc) is 3.46. The molecule has 3 heterocycles. The summed E-state index contributed by atoms with van der Waals surface area (Å²) in [6.07, 6.45) is 10.1. The highest BCUT2D eigenvalue weighted by Crippen LogP contribution is 2.29. The first-order chi connectivity index (χ1) is 14.2. The number of nitrogens with one attached hydrogen (secondary N) is 2. The second-order valence-corrected chi connectivity index (χ2v) is 8.67. The summed E-state index contributed by atoms with van der Waals surface area (Å²) in [6.45, 7) is 5.40. The zero-order valence-electron chi connectivity index (χ0n) is 17.6. The Bertz CT molecular complexity index is 936. The number of hydrogen-bond acceptors (Lipinski definition) is 5. The Morgan fingerprint density at radius 3 is 2.86 bits per heavy atom. The highest BCUT2D eigenvalue weighted by molar-refractivity contribution is 7.97. The summed E-state index contributed by atoms with van der Waals surface area (Å²) in [5, 5.41) is 1.25. The van der Waals surface area contributed by atoms with Crippen LogP contribution >= 0.6 is 11.9 Å². The van der Waals surface area contributed by atoms with Crippen molar-refractivity contribution in [1.29, 1.82) is 0 Å². The van der Waals surface area contributed by atoms with Crippen LogP contribution in [-0.2, 0) is 0 Å². The van der Waals surface area contributed by atoms with Crippen LogP contribution in [0.5, 0.6) is 0 Å². The van der Waals surface area contributed by atoms with Crippen LogP contribution in [0.3, 0.4) is 0 Å². The summed E-state index contributed by atoms with van der Waals surface area (Å²) >= 11 is 1.71. The van der Waals surface area contributed by atoms with Crippen molar-refractivity contribution in [2.45, 2.75) is 37.1 Å². The molecule has 0 amide bonds. The van der Waals surface area contributed by atoms with Crippen LogP contribution in [0.25, 0.3) is 10.9 Å². The number of fused-ring (bicyclic) bond motifs is 1. The standard InChI is InChI=1S/C23H31N5S/c1-4-7-21-23(24-2)19(16-27(21)3)22(28-12-5-6-13-28)15-26-29-18-9-8-17-10-11-25-20(17)14-18/h7-11,14,16,22,25-26H,4-6,12-13,15H2,1-3H3/b21-7+,24-23?. The molecule has 0 saturated carbocycles. The third-order valence-electron chi connectivity index (χ3n) is 5.78. The van der Waals surface area contributed by atoms with E-state index in [0.29, 0.717) is 6.04 Å². The van der Waals surface area contributed by atoms with Crippen molar-refractivity contribution < 1.29 is 0 Å². The van der Waals surface area contributed by atoms with Crippen LogP contribution in [0, 0.1) is 0 Å². The largest absolute Gasteiger partial charge is 0.361 e. The molecule has 2 aliphatic heterocycles. The van der Waals surface area contributed by atoms with E-state index in [1.165, 1.54) is 39.9 Å². The molecule has 2 aliphatic rings. The Morgan fingerprint density at radius 2 is 2.10 bits per heavy atom. The van der Waals surface area contributed by atoms with Gasteiger partial charge in [-0.1, -0.05) is 19.1 Å². The van der Waals surface area contributed by atoms with Crippen molar-refractivity contribution in [2.75, 3.05) is 33.7 Å². The quantitative estimate of drug-likeness (QED) is 0.665. The van der Waals surface area contributed by atoms with Crippen LogP contribution in [0.15, 0.2) is 63.9 Å². The molecule has 2 N–H and O–H groups in total. The summed E-state index contributed by atoms with van der Waals surface area (Å²) < 4.78 is 3.65. The van der Waals surface area contributed by atoms with Gasteiger partial charge in [-0.3, -0.25) is 14.6 Å². The van der Waals surface area contributed by atoms with Gasteiger partial charge in [0.05, 0.1) is 17.5 Å². The summed E-state index contributed by atoms with van der Waals surface area (Å²) in [4.78, 5) is 14.1. The molecule has 5 nitrogen and oxygen atoms in total. The highest BCUT2D eigenvalue weighted by atomic mass is 32.2. The Labute approximate surface area is 178 Å². The van der Waals surface area contributed by atoms with Crippen LogP contribution in [0.1, 0.15) is 26.2 Å². The lowest BCUT2D eigenvalue weighted by Crippen LogP contribution is -2.42. The maximum absolute atomic E-state index is 4.68. The number of hydrogen-bond donors (Lipinski definition) is 2. The van der Waals surface area contributed by atoms with Gasteiger partial charge in [-0.05, 0) is 67.9 Å². The molecule has 1 unspecified atom stereocenters. The first-order valence-electron chi connectivity index (χ1n) is 10.5. The van der Waals surface area contributed by atoms with Crippen molar-refractivity contribution in [3.05, 3.63) is 54.0 Å². The molecule has 154 valence electrons. The number of aromatic amines is 1. The smallest absolute Gasteiger partial charge is 0.0867 e. The summed E-state index contributed by atoms with van der Waals surface area (Å²) in [7, 11) is 4.05. The first-order valence-corrected chi connectivity index (χ1v) is 11.4. The van der Waals surface area contributed by atoms with Gasteiger partial charge in [0.15, 0.2) is 0 Å². The summed E-state index contributed by atoms with van der Waals surface area (Å²) in [6, 6.07) is 9.01. The predicted octanol–water partition coefficient (Wildman–Crippen LogP) is 4.42. The van der Waals surface area contributed by atoms with Gasteiger partial charge in [0.2, 0.25) is 0 Å². The van der Waals surface area contributed by atoms with Gasteiger partial charge in [-0.2, -0.15) is 0 Å². The fourth-order valence-electron chi connectivity index (χ4n) is 4.36. The average molecular weight is 410 g/mol. The fourth-order valence-corrected chi connectivity index (χ4v) is 5.08. The minimum atomic E-state index is 0.336. The van der Waals surface area contributed by atoms with E-state index in [-0.39, 0.29) is 0 Å². The number of H-pyrrole nitrogens is 1. The lowest BCUT2D eigenvalue weighted by Gasteiger charge is -2.28. The normalized spacial score (nSPS) is 21.6. The Kier molecular flexibility index (Phi) is 6.43. The van der Waals surface area contributed by atoms with E-state index >= 15 is 0 Å². The Morgan fingerprint density at radius 1 is 1.28 bits per heavy atom. The Balaban J connectivity index is 1.50. The van der Waals surface area contributed by atoms with Gasteiger partial charge in [0, 0.05) is 49.0 Å². The van der Waals surface area contributed by atoms with Gasteiger partial charge < -0.3 is 9.88 Å². The third-order valence-corrected chi connectivity index (χ3v) is 6.58. The molecule has 0 aliphatic carbocycles. The van der Waals surface area contributed by atoms with E-state index in [0.717, 1.165) is 31.8 Å². The number of aromatic nitrogens is 1. The van der Waals surface area contributed by atoms with Crippen molar-refractivity contribution in [2.24, 2.45) is 4.99 Å². The molecule has 2 aromatic rings. The van der Waals surface area contributed by atoms with E-state index in [2.05, 4.69) is 75.0 Å². The second-order valence-electron chi connectivity index (χ2n) is 7.70. The van der Waals surface area contributed by atoms with Gasteiger partial charge in [-0.15, -0.1) is 0 Å². The zero-order valence-corrected chi connectivity index (χ0v) is 18.4. The SMILES string of the molecule is CC/C=C1\C(=NC)C(C(CNSc2ccc3cc[nH]c3c2)N2CCCC2)=CN1C. The van der Waals surface area contributed by atoms with Crippen molar-refractivity contribution >= 4 is 28.6 Å². The minimum absolute atomic E-state index is 0.336. The van der Waals surface area contributed by atoms with E-state index in [1.807, 2.05) is 13.2 Å². The second kappa shape index (κ2) is 9.20. The lowest BCUT2D eigenvalue weighted by atomic mass is 10.0. The molecule has 1 atom stereocenters. The molecule has 0 radical (unpaired) electrons. The molecule has 1 aromatic heterocycles.